The molecular weight excluding hydrogens is 398 g/mol. The summed E-state index contributed by atoms with van der Waals surface area (Å²) in [4.78, 5) is 17.2. The summed E-state index contributed by atoms with van der Waals surface area (Å²) in [7, 11) is 0. The first kappa shape index (κ1) is 19.0. The van der Waals surface area contributed by atoms with Gasteiger partial charge in [0.25, 0.3) is 0 Å². The number of thioether (sulfide) groups is 1. The molecule has 8 nitrogen and oxygen atoms in total. The monoisotopic (exact) mass is 421 g/mol. The van der Waals surface area contributed by atoms with Gasteiger partial charge in [0.15, 0.2) is 5.65 Å². The van der Waals surface area contributed by atoms with Crippen molar-refractivity contribution in [3.8, 4) is 0 Å². The van der Waals surface area contributed by atoms with Crippen molar-refractivity contribution in [1.29, 1.82) is 0 Å². The molecule has 1 amide bonds. The number of aryl methyl sites for hydroxylation is 1. The molecule has 3 heterocycles. The zero-order valence-corrected chi connectivity index (χ0v) is 17.6. The zero-order valence-electron chi connectivity index (χ0n) is 16.8. The molecule has 1 aliphatic carbocycles. The number of amides is 1. The molecule has 9 heteroatoms. The van der Waals surface area contributed by atoms with Crippen LogP contribution in [-0.4, -0.2) is 41.2 Å². The molecule has 0 bridgehead atoms. The highest BCUT2D eigenvalue weighted by Crippen LogP contribution is 2.31. The average Bonchev–Trinajstić information content (AvgIpc) is 3.50. The van der Waals surface area contributed by atoms with E-state index in [1.165, 1.54) is 24.6 Å². The fourth-order valence-corrected chi connectivity index (χ4v) is 4.81. The Balaban J connectivity index is 1.31. The molecule has 154 valence electrons. The topological polar surface area (TPSA) is 90.5 Å². The first-order valence-electron chi connectivity index (χ1n) is 10.3. The minimum atomic E-state index is -0.0977. The lowest BCUT2D eigenvalue weighted by Gasteiger charge is -2.14. The fraction of sp³-hybridized carbons (Fsp3) is 0.381. The number of para-hydroxylation sites is 1. The second-order valence-corrected chi connectivity index (χ2v) is 8.41. The average molecular weight is 422 g/mol. The van der Waals surface area contributed by atoms with Crippen LogP contribution in [0.2, 0.25) is 0 Å². The van der Waals surface area contributed by atoms with E-state index in [2.05, 4.69) is 43.2 Å². The summed E-state index contributed by atoms with van der Waals surface area (Å²) < 4.78 is 4.07. The van der Waals surface area contributed by atoms with Crippen molar-refractivity contribution in [2.75, 3.05) is 11.1 Å². The molecule has 1 fully saturated rings. The van der Waals surface area contributed by atoms with E-state index >= 15 is 0 Å². The molecule has 0 radical (unpaired) electrons. The van der Waals surface area contributed by atoms with Gasteiger partial charge >= 0.3 is 0 Å². The van der Waals surface area contributed by atoms with Crippen LogP contribution >= 0.6 is 11.8 Å². The van der Waals surface area contributed by atoms with Crippen LogP contribution in [0.15, 0.2) is 41.7 Å². The third-order valence-corrected chi connectivity index (χ3v) is 6.45. The minimum Gasteiger partial charge on any atom is -0.324 e. The van der Waals surface area contributed by atoms with Gasteiger partial charge < -0.3 is 9.88 Å². The van der Waals surface area contributed by atoms with Gasteiger partial charge in [-0.25, -0.2) is 9.67 Å². The van der Waals surface area contributed by atoms with Gasteiger partial charge in [-0.3, -0.25) is 4.79 Å². The highest BCUT2D eigenvalue weighted by atomic mass is 32.2. The maximum atomic E-state index is 12.5. The fourth-order valence-electron chi connectivity index (χ4n) is 4.23. The predicted molar refractivity (Wildman–Crippen MR) is 118 cm³/mol. The van der Waals surface area contributed by atoms with E-state index < -0.39 is 0 Å². The van der Waals surface area contributed by atoms with Crippen LogP contribution < -0.4 is 5.32 Å². The minimum absolute atomic E-state index is 0.0977. The van der Waals surface area contributed by atoms with Crippen molar-refractivity contribution in [1.82, 2.24) is 29.5 Å². The molecule has 0 aliphatic heterocycles. The van der Waals surface area contributed by atoms with Gasteiger partial charge in [0.05, 0.1) is 23.5 Å². The summed E-state index contributed by atoms with van der Waals surface area (Å²) in [5, 5.41) is 17.6. The molecule has 0 spiro atoms. The second kappa shape index (κ2) is 8.06. The van der Waals surface area contributed by atoms with E-state index in [-0.39, 0.29) is 11.7 Å². The first-order valence-corrected chi connectivity index (χ1v) is 11.3. The smallest absolute Gasteiger partial charge is 0.235 e. The summed E-state index contributed by atoms with van der Waals surface area (Å²) in [6.45, 7) is 2.88. The number of benzene rings is 1. The van der Waals surface area contributed by atoms with Crippen LogP contribution in [0.5, 0.6) is 0 Å². The largest absolute Gasteiger partial charge is 0.324 e. The van der Waals surface area contributed by atoms with E-state index in [1.807, 2.05) is 28.9 Å². The third kappa shape index (κ3) is 3.43. The van der Waals surface area contributed by atoms with Crippen LogP contribution in [0.1, 0.15) is 38.6 Å². The number of hydrogen-bond donors (Lipinski definition) is 1. The number of nitrogens with one attached hydrogen (secondary N) is 1. The number of nitrogens with zero attached hydrogens (tertiary/aromatic N) is 6. The molecule has 5 rings (SSSR count). The molecule has 0 unspecified atom stereocenters. The van der Waals surface area contributed by atoms with Crippen molar-refractivity contribution >= 4 is 45.6 Å². The van der Waals surface area contributed by atoms with Crippen molar-refractivity contribution in [2.24, 2.45) is 0 Å². The Morgan fingerprint density at radius 3 is 2.87 bits per heavy atom. The molecule has 3 aromatic heterocycles. The van der Waals surface area contributed by atoms with E-state index in [0.717, 1.165) is 47.3 Å². The number of anilines is 1. The number of hydrogen-bond acceptors (Lipinski definition) is 6. The van der Waals surface area contributed by atoms with Gasteiger partial charge in [0.1, 0.15) is 11.3 Å². The van der Waals surface area contributed by atoms with Gasteiger partial charge in [0, 0.05) is 18.0 Å². The van der Waals surface area contributed by atoms with Gasteiger partial charge in [-0.15, -0.1) is 10.2 Å². The van der Waals surface area contributed by atoms with E-state index in [0.29, 0.717) is 11.2 Å². The van der Waals surface area contributed by atoms with Crippen molar-refractivity contribution in [2.45, 2.75) is 50.4 Å². The SMILES string of the molecule is CCn1c2ccccc2c2nnc(SCC(=O)Nc3ccnn3C3CCCC3)nc21. The molecule has 30 heavy (non-hydrogen) atoms. The molecule has 0 atom stereocenters. The Morgan fingerprint density at radius 2 is 2.03 bits per heavy atom. The number of fused-ring (bicyclic) bond motifs is 3. The van der Waals surface area contributed by atoms with Crippen LogP contribution in [0, 0.1) is 0 Å². The van der Waals surface area contributed by atoms with Crippen LogP contribution in [-0.2, 0) is 11.3 Å². The second-order valence-electron chi connectivity index (χ2n) is 7.46. The van der Waals surface area contributed by atoms with E-state index in [4.69, 9.17) is 0 Å². The molecule has 4 aromatic rings. The normalized spacial score (nSPS) is 14.7. The van der Waals surface area contributed by atoms with Gasteiger partial charge in [-0.2, -0.15) is 5.10 Å². The number of rotatable bonds is 6. The third-order valence-electron chi connectivity index (χ3n) is 5.61. The maximum Gasteiger partial charge on any atom is 0.235 e. The van der Waals surface area contributed by atoms with Crippen LogP contribution in [0.3, 0.4) is 0 Å². The standard InChI is InChI=1S/C21H23N7OS/c1-2-27-16-10-6-5-9-15(16)19-20(27)24-21(26-25-19)30-13-18(29)23-17-11-12-22-28(17)14-7-3-4-8-14/h5-6,9-12,14H,2-4,7-8,13H2,1H3,(H,23,29). The highest BCUT2D eigenvalue weighted by molar-refractivity contribution is 7.99. The number of aromatic nitrogens is 6. The van der Waals surface area contributed by atoms with Crippen molar-refractivity contribution in [3.05, 3.63) is 36.5 Å². The quantitative estimate of drug-likeness (QED) is 0.473. The van der Waals surface area contributed by atoms with Gasteiger partial charge in [-0.1, -0.05) is 42.8 Å². The van der Waals surface area contributed by atoms with Crippen LogP contribution in [0.25, 0.3) is 22.1 Å². The highest BCUT2D eigenvalue weighted by Gasteiger charge is 2.21. The molecular formula is C21H23N7OS. The molecule has 0 saturated heterocycles. The Bertz CT molecular complexity index is 1210. The molecule has 1 aliphatic rings. The Morgan fingerprint density at radius 1 is 1.20 bits per heavy atom. The lowest BCUT2D eigenvalue weighted by molar-refractivity contribution is -0.113. The molecule has 1 saturated carbocycles. The maximum absolute atomic E-state index is 12.5. The van der Waals surface area contributed by atoms with Crippen molar-refractivity contribution in [3.63, 3.8) is 0 Å². The van der Waals surface area contributed by atoms with E-state index in [9.17, 15) is 4.79 Å². The summed E-state index contributed by atoms with van der Waals surface area (Å²) in [6, 6.07) is 10.3. The Hall–Kier alpha value is -2.94. The summed E-state index contributed by atoms with van der Waals surface area (Å²) in [5.41, 5.74) is 2.69. The van der Waals surface area contributed by atoms with E-state index in [1.54, 1.807) is 6.20 Å². The summed E-state index contributed by atoms with van der Waals surface area (Å²) in [6.07, 6.45) is 6.41. The van der Waals surface area contributed by atoms with Gasteiger partial charge in [-0.05, 0) is 25.8 Å². The van der Waals surface area contributed by atoms with Crippen molar-refractivity contribution < 1.29 is 4.79 Å². The summed E-state index contributed by atoms with van der Waals surface area (Å²) in [5.74, 6) is 0.877. The Kier molecular flexibility index (Phi) is 5.12. The Labute approximate surface area is 178 Å². The molecule has 1 N–H and O–H groups in total. The van der Waals surface area contributed by atoms with Gasteiger partial charge in [0.2, 0.25) is 11.1 Å². The zero-order chi connectivity index (χ0) is 20.5. The molecule has 1 aromatic carbocycles. The predicted octanol–water partition coefficient (Wildman–Crippen LogP) is 4.04. The number of carbonyl (C=O) groups is 1. The summed E-state index contributed by atoms with van der Waals surface area (Å²) >= 11 is 1.29. The lowest BCUT2D eigenvalue weighted by atomic mass is 10.2. The number of carbonyl (C=O) groups excluding carboxylic acids is 1. The first-order chi connectivity index (χ1) is 14.7. The lowest BCUT2D eigenvalue weighted by Crippen LogP contribution is -2.19. The van der Waals surface area contributed by atoms with Crippen LogP contribution in [0.4, 0.5) is 5.82 Å².